The van der Waals surface area contributed by atoms with Crippen molar-refractivity contribution < 1.29 is 9.52 Å². The molecule has 0 aliphatic heterocycles. The van der Waals surface area contributed by atoms with Gasteiger partial charge in [0.05, 0.1) is 6.54 Å². The third kappa shape index (κ3) is 2.28. The Bertz CT molecular complexity index is 727. The highest BCUT2D eigenvalue weighted by atomic mass is 16.4. The van der Waals surface area contributed by atoms with Crippen LogP contribution in [0.2, 0.25) is 0 Å². The highest BCUT2D eigenvalue weighted by molar-refractivity contribution is 5.77. The van der Waals surface area contributed by atoms with Crippen molar-refractivity contribution in [3.05, 3.63) is 65.0 Å². The number of hydrogen-bond donors (Lipinski definition) is 1. The zero-order valence-electron chi connectivity index (χ0n) is 10.1. The number of aliphatic hydroxyl groups is 1. The van der Waals surface area contributed by atoms with Crippen molar-refractivity contribution in [3.8, 4) is 0 Å². The smallest absolute Gasteiger partial charge is 0.347 e. The van der Waals surface area contributed by atoms with Gasteiger partial charge in [-0.1, -0.05) is 18.2 Å². The molecule has 0 bridgehead atoms. The van der Waals surface area contributed by atoms with Gasteiger partial charge >= 0.3 is 5.69 Å². The fourth-order valence-corrected chi connectivity index (χ4v) is 1.97. The molecule has 19 heavy (non-hydrogen) atoms. The van der Waals surface area contributed by atoms with E-state index >= 15 is 0 Å². The Morgan fingerprint density at radius 3 is 2.95 bits per heavy atom. The van der Waals surface area contributed by atoms with Crippen molar-refractivity contribution in [2.24, 2.45) is 0 Å². The summed E-state index contributed by atoms with van der Waals surface area (Å²) in [6, 6.07) is 10.9. The molecule has 1 aromatic carbocycles. The van der Waals surface area contributed by atoms with E-state index in [0.717, 1.165) is 11.0 Å². The Hall–Kier alpha value is -2.40. The topological polar surface area (TPSA) is 68.3 Å². The Balaban J connectivity index is 1.90. The molecule has 1 atom stereocenters. The normalized spacial score (nSPS) is 12.7. The minimum atomic E-state index is -0.880. The number of fused-ring (bicyclic) bond motifs is 1. The number of aliphatic hydroxyl groups excluding tert-OH is 1. The number of benzene rings is 1. The van der Waals surface area contributed by atoms with Crippen molar-refractivity contribution in [2.45, 2.75) is 12.6 Å². The molecular formula is C14H12N2O3. The monoisotopic (exact) mass is 256 g/mol. The van der Waals surface area contributed by atoms with Gasteiger partial charge < -0.3 is 9.52 Å². The van der Waals surface area contributed by atoms with Crippen LogP contribution in [0.3, 0.4) is 0 Å². The van der Waals surface area contributed by atoms with Crippen LogP contribution in [0, 0.1) is 0 Å². The number of para-hydroxylation sites is 1. The van der Waals surface area contributed by atoms with E-state index in [-0.39, 0.29) is 6.54 Å². The molecule has 2 aromatic heterocycles. The van der Waals surface area contributed by atoms with Gasteiger partial charge in [-0.3, -0.25) is 4.57 Å². The molecule has 5 heteroatoms. The molecule has 0 aliphatic carbocycles. The van der Waals surface area contributed by atoms with Gasteiger partial charge in [-0.15, -0.1) is 0 Å². The van der Waals surface area contributed by atoms with Gasteiger partial charge in [0.1, 0.15) is 17.4 Å². The molecule has 1 unspecified atom stereocenters. The lowest BCUT2D eigenvalue weighted by Crippen LogP contribution is -2.24. The molecule has 0 saturated heterocycles. The molecule has 0 radical (unpaired) electrons. The summed E-state index contributed by atoms with van der Waals surface area (Å²) in [6.07, 6.45) is 2.13. The fourth-order valence-electron chi connectivity index (χ4n) is 1.97. The van der Waals surface area contributed by atoms with Crippen LogP contribution in [0.5, 0.6) is 0 Å². The lowest BCUT2D eigenvalue weighted by molar-refractivity contribution is 0.131. The molecule has 0 amide bonds. The van der Waals surface area contributed by atoms with E-state index in [4.69, 9.17) is 4.42 Å². The van der Waals surface area contributed by atoms with Crippen LogP contribution in [-0.4, -0.2) is 14.7 Å². The first-order chi connectivity index (χ1) is 9.24. The zero-order chi connectivity index (χ0) is 13.2. The summed E-state index contributed by atoms with van der Waals surface area (Å²) in [6.45, 7) is 0.118. The average Bonchev–Trinajstić information content (AvgIpc) is 2.85. The largest absolute Gasteiger partial charge is 0.458 e. The van der Waals surface area contributed by atoms with Crippen LogP contribution >= 0.6 is 0 Å². The summed E-state index contributed by atoms with van der Waals surface area (Å²) in [5.74, 6) is 0.442. The molecule has 96 valence electrons. The van der Waals surface area contributed by atoms with Crippen LogP contribution in [0.25, 0.3) is 11.0 Å². The van der Waals surface area contributed by atoms with Gasteiger partial charge in [0.2, 0.25) is 0 Å². The standard InChI is InChI=1S/C14H12N2O3/c17-11(9-16-7-3-6-15-14(16)18)13-8-10-4-1-2-5-12(10)19-13/h1-8,11,17H,9H2. The third-order valence-electron chi connectivity index (χ3n) is 2.93. The average molecular weight is 256 g/mol. The van der Waals surface area contributed by atoms with E-state index in [1.807, 2.05) is 24.3 Å². The minimum absolute atomic E-state index is 0.118. The van der Waals surface area contributed by atoms with Crippen LogP contribution < -0.4 is 5.69 Å². The second-order valence-electron chi connectivity index (χ2n) is 4.26. The number of rotatable bonds is 3. The van der Waals surface area contributed by atoms with Gasteiger partial charge in [0.25, 0.3) is 0 Å². The summed E-state index contributed by atoms with van der Waals surface area (Å²) in [4.78, 5) is 15.1. The van der Waals surface area contributed by atoms with Gasteiger partial charge in [0.15, 0.2) is 0 Å². The molecular weight excluding hydrogens is 244 g/mol. The van der Waals surface area contributed by atoms with E-state index < -0.39 is 11.8 Å². The summed E-state index contributed by atoms with van der Waals surface area (Å²) >= 11 is 0. The van der Waals surface area contributed by atoms with E-state index in [9.17, 15) is 9.90 Å². The first-order valence-corrected chi connectivity index (χ1v) is 5.92. The second-order valence-corrected chi connectivity index (χ2v) is 4.26. The van der Waals surface area contributed by atoms with Gasteiger partial charge in [0, 0.05) is 17.8 Å². The molecule has 3 aromatic rings. The number of hydrogen-bond acceptors (Lipinski definition) is 4. The van der Waals surface area contributed by atoms with Crippen molar-refractivity contribution in [3.63, 3.8) is 0 Å². The predicted molar refractivity (Wildman–Crippen MR) is 69.7 cm³/mol. The molecule has 1 N–H and O–H groups in total. The number of aromatic nitrogens is 2. The van der Waals surface area contributed by atoms with Crippen molar-refractivity contribution >= 4 is 11.0 Å². The quantitative estimate of drug-likeness (QED) is 0.774. The van der Waals surface area contributed by atoms with E-state index in [0.29, 0.717) is 5.76 Å². The molecule has 0 saturated carbocycles. The Kier molecular flexibility index (Phi) is 2.89. The lowest BCUT2D eigenvalue weighted by Gasteiger charge is -2.08. The molecule has 0 spiro atoms. The fraction of sp³-hybridized carbons (Fsp3) is 0.143. The highest BCUT2D eigenvalue weighted by Gasteiger charge is 2.14. The van der Waals surface area contributed by atoms with Crippen LogP contribution in [0.4, 0.5) is 0 Å². The SMILES string of the molecule is O=c1ncccn1CC(O)c1cc2ccccc2o1. The van der Waals surface area contributed by atoms with E-state index in [2.05, 4.69) is 4.98 Å². The maximum Gasteiger partial charge on any atom is 0.347 e. The lowest BCUT2D eigenvalue weighted by atomic mass is 10.2. The predicted octanol–water partition coefficient (Wildman–Crippen LogP) is 1.72. The zero-order valence-corrected chi connectivity index (χ0v) is 10.1. The maximum atomic E-state index is 11.5. The van der Waals surface area contributed by atoms with E-state index in [1.54, 1.807) is 18.3 Å². The van der Waals surface area contributed by atoms with Crippen LogP contribution in [0.15, 0.2) is 58.0 Å². The van der Waals surface area contributed by atoms with Gasteiger partial charge in [-0.25, -0.2) is 9.78 Å². The number of furan rings is 1. The Morgan fingerprint density at radius 1 is 1.32 bits per heavy atom. The maximum absolute atomic E-state index is 11.5. The summed E-state index contributed by atoms with van der Waals surface area (Å²) < 4.78 is 6.90. The Morgan fingerprint density at radius 2 is 2.16 bits per heavy atom. The van der Waals surface area contributed by atoms with Crippen LogP contribution in [-0.2, 0) is 6.54 Å². The molecule has 2 heterocycles. The van der Waals surface area contributed by atoms with Gasteiger partial charge in [-0.05, 0) is 18.2 Å². The highest BCUT2D eigenvalue weighted by Crippen LogP contribution is 2.24. The molecule has 0 fully saturated rings. The molecule has 5 nitrogen and oxygen atoms in total. The first kappa shape index (κ1) is 11.7. The second kappa shape index (κ2) is 4.70. The number of nitrogens with zero attached hydrogens (tertiary/aromatic N) is 2. The van der Waals surface area contributed by atoms with Crippen LogP contribution in [0.1, 0.15) is 11.9 Å². The minimum Gasteiger partial charge on any atom is -0.458 e. The Labute approximate surface area is 108 Å². The van der Waals surface area contributed by atoms with Crippen molar-refractivity contribution in [2.75, 3.05) is 0 Å². The summed E-state index contributed by atoms with van der Waals surface area (Å²) in [5, 5.41) is 11.0. The van der Waals surface area contributed by atoms with Gasteiger partial charge in [-0.2, -0.15) is 0 Å². The van der Waals surface area contributed by atoms with E-state index in [1.165, 1.54) is 10.8 Å². The van der Waals surface area contributed by atoms with Crippen molar-refractivity contribution in [1.29, 1.82) is 0 Å². The third-order valence-corrected chi connectivity index (χ3v) is 2.93. The first-order valence-electron chi connectivity index (χ1n) is 5.92. The molecule has 3 rings (SSSR count). The van der Waals surface area contributed by atoms with Crippen molar-refractivity contribution in [1.82, 2.24) is 9.55 Å². The molecule has 0 aliphatic rings. The summed E-state index contributed by atoms with van der Waals surface area (Å²) in [7, 11) is 0. The summed E-state index contributed by atoms with van der Waals surface area (Å²) in [5.41, 5.74) is 0.327.